The summed E-state index contributed by atoms with van der Waals surface area (Å²) in [7, 11) is 1.52. The van der Waals surface area contributed by atoms with Crippen molar-refractivity contribution >= 4 is 5.78 Å². The Morgan fingerprint density at radius 2 is 2.31 bits per heavy atom. The number of allylic oxidation sites excluding steroid dienone is 1. The Balaban J connectivity index is 3.15. The molecule has 3 heteroatoms. The molecular formula is C10H11NO2. The zero-order valence-electron chi connectivity index (χ0n) is 7.70. The smallest absolute Gasteiger partial charge is 0.213 e. The lowest BCUT2D eigenvalue weighted by Crippen LogP contribution is -1.98. The van der Waals surface area contributed by atoms with E-state index in [0.717, 1.165) is 5.69 Å². The largest absolute Gasteiger partial charge is 0.481 e. The number of pyridine rings is 1. The molecular weight excluding hydrogens is 166 g/mol. The lowest BCUT2D eigenvalue weighted by molar-refractivity contribution is 0.104. The second-order valence-corrected chi connectivity index (χ2v) is 2.61. The van der Waals surface area contributed by atoms with E-state index in [-0.39, 0.29) is 5.78 Å². The van der Waals surface area contributed by atoms with E-state index in [1.165, 1.54) is 13.2 Å². The van der Waals surface area contributed by atoms with Crippen LogP contribution in [-0.4, -0.2) is 17.9 Å². The monoisotopic (exact) mass is 177 g/mol. The predicted molar refractivity (Wildman–Crippen MR) is 50.1 cm³/mol. The highest BCUT2D eigenvalue weighted by molar-refractivity contribution is 6.04. The molecule has 0 N–H and O–H groups in total. The maximum Gasteiger partial charge on any atom is 0.213 e. The molecule has 1 aromatic heterocycles. The van der Waals surface area contributed by atoms with E-state index in [0.29, 0.717) is 11.4 Å². The summed E-state index contributed by atoms with van der Waals surface area (Å²) in [4.78, 5) is 15.3. The zero-order valence-corrected chi connectivity index (χ0v) is 7.70. The van der Waals surface area contributed by atoms with Crippen LogP contribution in [0.2, 0.25) is 0 Å². The number of ketones is 1. The summed E-state index contributed by atoms with van der Waals surface area (Å²) >= 11 is 0. The van der Waals surface area contributed by atoms with Gasteiger partial charge in [0, 0.05) is 17.3 Å². The number of aromatic nitrogens is 1. The standard InChI is InChI=1S/C10H11NO2/c1-4-9(12)8-5-7(2)11-10(6-8)13-3/h4-6H,1H2,2-3H3. The van der Waals surface area contributed by atoms with Gasteiger partial charge < -0.3 is 4.74 Å². The van der Waals surface area contributed by atoms with Gasteiger partial charge in [-0.05, 0) is 19.1 Å². The van der Waals surface area contributed by atoms with Crippen molar-refractivity contribution in [2.45, 2.75) is 6.92 Å². The first-order chi connectivity index (χ1) is 6.17. The molecule has 1 rings (SSSR count). The molecule has 0 radical (unpaired) electrons. The number of rotatable bonds is 3. The van der Waals surface area contributed by atoms with Gasteiger partial charge in [0.1, 0.15) is 0 Å². The van der Waals surface area contributed by atoms with Gasteiger partial charge in [-0.25, -0.2) is 4.98 Å². The van der Waals surface area contributed by atoms with Crippen molar-refractivity contribution < 1.29 is 9.53 Å². The number of nitrogens with zero attached hydrogens (tertiary/aromatic N) is 1. The van der Waals surface area contributed by atoms with Crippen molar-refractivity contribution in [1.82, 2.24) is 4.98 Å². The van der Waals surface area contributed by atoms with Crippen LogP contribution in [0.25, 0.3) is 0 Å². The Kier molecular flexibility index (Phi) is 2.80. The third-order valence-electron chi connectivity index (χ3n) is 1.61. The molecule has 0 fully saturated rings. The molecule has 0 saturated carbocycles. The molecule has 0 bridgehead atoms. The minimum absolute atomic E-state index is 0.121. The first-order valence-corrected chi connectivity index (χ1v) is 3.87. The van der Waals surface area contributed by atoms with Gasteiger partial charge in [0.15, 0.2) is 5.78 Å². The van der Waals surface area contributed by atoms with Crippen LogP contribution in [0.3, 0.4) is 0 Å². The molecule has 0 aliphatic heterocycles. The van der Waals surface area contributed by atoms with E-state index in [2.05, 4.69) is 11.6 Å². The molecule has 0 spiro atoms. The Morgan fingerprint density at radius 3 is 2.85 bits per heavy atom. The fourth-order valence-corrected chi connectivity index (χ4v) is 1.00. The normalized spacial score (nSPS) is 9.38. The summed E-state index contributed by atoms with van der Waals surface area (Å²) in [6.45, 7) is 5.22. The van der Waals surface area contributed by atoms with Crippen molar-refractivity contribution in [2.24, 2.45) is 0 Å². The molecule has 0 aliphatic carbocycles. The summed E-state index contributed by atoms with van der Waals surface area (Å²) < 4.78 is 4.93. The molecule has 1 heterocycles. The zero-order chi connectivity index (χ0) is 9.84. The van der Waals surface area contributed by atoms with Gasteiger partial charge in [0.2, 0.25) is 5.88 Å². The Morgan fingerprint density at radius 1 is 1.62 bits per heavy atom. The van der Waals surface area contributed by atoms with Crippen LogP contribution in [0, 0.1) is 6.92 Å². The number of aryl methyl sites for hydroxylation is 1. The molecule has 0 atom stereocenters. The third-order valence-corrected chi connectivity index (χ3v) is 1.61. The Bertz CT molecular complexity index is 345. The van der Waals surface area contributed by atoms with E-state index >= 15 is 0 Å². The fourth-order valence-electron chi connectivity index (χ4n) is 1.00. The summed E-state index contributed by atoms with van der Waals surface area (Å²) in [5.74, 6) is 0.328. The van der Waals surface area contributed by atoms with Crippen LogP contribution >= 0.6 is 0 Å². The third kappa shape index (κ3) is 2.15. The van der Waals surface area contributed by atoms with E-state index in [1.807, 2.05) is 6.92 Å². The first kappa shape index (κ1) is 9.45. The molecule has 0 saturated heterocycles. The predicted octanol–water partition coefficient (Wildman–Crippen LogP) is 1.77. The van der Waals surface area contributed by atoms with Crippen molar-refractivity contribution in [1.29, 1.82) is 0 Å². The maximum absolute atomic E-state index is 11.2. The highest BCUT2D eigenvalue weighted by Crippen LogP contribution is 2.12. The SMILES string of the molecule is C=CC(=O)c1cc(C)nc(OC)c1. The van der Waals surface area contributed by atoms with Crippen LogP contribution in [0.5, 0.6) is 5.88 Å². The lowest BCUT2D eigenvalue weighted by atomic mass is 10.1. The maximum atomic E-state index is 11.2. The van der Waals surface area contributed by atoms with E-state index in [4.69, 9.17) is 4.74 Å². The lowest BCUT2D eigenvalue weighted by Gasteiger charge is -2.02. The fraction of sp³-hybridized carbons (Fsp3) is 0.200. The van der Waals surface area contributed by atoms with Crippen molar-refractivity contribution in [3.05, 3.63) is 36.0 Å². The molecule has 13 heavy (non-hydrogen) atoms. The van der Waals surface area contributed by atoms with Gasteiger partial charge in [0.05, 0.1) is 7.11 Å². The summed E-state index contributed by atoms with van der Waals surface area (Å²) in [5.41, 5.74) is 1.31. The average molecular weight is 177 g/mol. The van der Waals surface area contributed by atoms with Gasteiger partial charge in [0.25, 0.3) is 0 Å². The quantitative estimate of drug-likeness (QED) is 0.521. The number of methoxy groups -OCH3 is 1. The summed E-state index contributed by atoms with van der Waals surface area (Å²) in [6.07, 6.45) is 1.27. The molecule has 3 nitrogen and oxygen atoms in total. The molecule has 68 valence electrons. The van der Waals surface area contributed by atoms with Gasteiger partial charge in [-0.1, -0.05) is 6.58 Å². The molecule has 0 amide bonds. The summed E-state index contributed by atoms with van der Waals surface area (Å²) in [6, 6.07) is 3.30. The van der Waals surface area contributed by atoms with Crippen LogP contribution in [0.15, 0.2) is 24.8 Å². The van der Waals surface area contributed by atoms with Crippen LogP contribution < -0.4 is 4.74 Å². The van der Waals surface area contributed by atoms with Crippen LogP contribution in [0.1, 0.15) is 16.1 Å². The molecule has 0 aromatic carbocycles. The first-order valence-electron chi connectivity index (χ1n) is 3.87. The van der Waals surface area contributed by atoms with E-state index in [9.17, 15) is 4.79 Å². The highest BCUT2D eigenvalue weighted by Gasteiger charge is 2.04. The van der Waals surface area contributed by atoms with Crippen molar-refractivity contribution in [3.63, 3.8) is 0 Å². The van der Waals surface area contributed by atoms with Crippen molar-refractivity contribution in [3.8, 4) is 5.88 Å². The minimum Gasteiger partial charge on any atom is -0.481 e. The average Bonchev–Trinajstić information content (AvgIpc) is 2.15. The molecule has 0 unspecified atom stereocenters. The van der Waals surface area contributed by atoms with Gasteiger partial charge in [-0.15, -0.1) is 0 Å². The van der Waals surface area contributed by atoms with Crippen LogP contribution in [-0.2, 0) is 0 Å². The van der Waals surface area contributed by atoms with E-state index < -0.39 is 0 Å². The number of hydrogen-bond donors (Lipinski definition) is 0. The van der Waals surface area contributed by atoms with Gasteiger partial charge in [-0.2, -0.15) is 0 Å². The topological polar surface area (TPSA) is 39.2 Å². The summed E-state index contributed by atoms with van der Waals surface area (Å²) in [5, 5.41) is 0. The Labute approximate surface area is 77.1 Å². The number of hydrogen-bond acceptors (Lipinski definition) is 3. The second kappa shape index (κ2) is 3.85. The van der Waals surface area contributed by atoms with Crippen molar-refractivity contribution in [2.75, 3.05) is 7.11 Å². The number of ether oxygens (including phenoxy) is 1. The van der Waals surface area contributed by atoms with Gasteiger partial charge in [-0.3, -0.25) is 4.79 Å². The minimum atomic E-state index is -0.121. The van der Waals surface area contributed by atoms with Gasteiger partial charge >= 0.3 is 0 Å². The Hall–Kier alpha value is -1.64. The molecule has 1 aromatic rings. The highest BCUT2D eigenvalue weighted by atomic mass is 16.5. The number of carbonyl (C=O) groups excluding carboxylic acids is 1. The molecule has 0 aliphatic rings. The second-order valence-electron chi connectivity index (χ2n) is 2.61. The van der Waals surface area contributed by atoms with Crippen LogP contribution in [0.4, 0.5) is 0 Å². The number of carbonyl (C=O) groups is 1. The van der Waals surface area contributed by atoms with E-state index in [1.54, 1.807) is 12.1 Å².